The maximum absolute atomic E-state index is 12.6. The number of pyridine rings is 1. The Morgan fingerprint density at radius 1 is 1.36 bits per heavy atom. The van der Waals surface area contributed by atoms with Crippen LogP contribution >= 0.6 is 0 Å². The van der Waals surface area contributed by atoms with Crippen LogP contribution in [0.25, 0.3) is 6.08 Å². The summed E-state index contributed by atoms with van der Waals surface area (Å²) in [5.74, 6) is 0.426. The highest BCUT2D eigenvalue weighted by Crippen LogP contribution is 2.31. The molecule has 130 valence electrons. The van der Waals surface area contributed by atoms with Crippen molar-refractivity contribution in [3.8, 4) is 11.5 Å². The van der Waals surface area contributed by atoms with E-state index < -0.39 is 0 Å². The summed E-state index contributed by atoms with van der Waals surface area (Å²) in [4.78, 5) is 19.1. The number of phenols is 1. The van der Waals surface area contributed by atoms with Crippen molar-refractivity contribution in [1.29, 1.82) is 0 Å². The summed E-state index contributed by atoms with van der Waals surface area (Å²) in [6.07, 6.45) is 5.17. The zero-order valence-corrected chi connectivity index (χ0v) is 14.5. The molecule has 0 aliphatic carbocycles. The molecule has 0 radical (unpaired) electrons. The second-order valence-electron chi connectivity index (χ2n) is 6.16. The Kier molecular flexibility index (Phi) is 5.03. The Hall–Kier alpha value is -2.82. The van der Waals surface area contributed by atoms with Crippen molar-refractivity contribution in [3.05, 3.63) is 59.4 Å². The third-order valence-corrected chi connectivity index (χ3v) is 4.41. The van der Waals surface area contributed by atoms with E-state index in [2.05, 4.69) is 4.98 Å². The first-order chi connectivity index (χ1) is 12.1. The van der Waals surface area contributed by atoms with Crippen LogP contribution in [0.3, 0.4) is 0 Å². The predicted molar refractivity (Wildman–Crippen MR) is 96.4 cm³/mol. The van der Waals surface area contributed by atoms with Gasteiger partial charge < -0.3 is 14.7 Å². The molecule has 5 nitrogen and oxygen atoms in total. The predicted octanol–water partition coefficient (Wildman–Crippen LogP) is 3.48. The van der Waals surface area contributed by atoms with Gasteiger partial charge in [0, 0.05) is 18.3 Å². The topological polar surface area (TPSA) is 62.7 Å². The normalized spacial score (nSPS) is 17.2. The van der Waals surface area contributed by atoms with Crippen LogP contribution in [-0.4, -0.2) is 34.6 Å². The van der Waals surface area contributed by atoms with E-state index in [0.717, 1.165) is 36.3 Å². The lowest BCUT2D eigenvalue weighted by Crippen LogP contribution is -2.29. The van der Waals surface area contributed by atoms with E-state index in [1.807, 2.05) is 30.0 Å². The number of carbonyl (C=O) groups is 1. The molecule has 1 saturated heterocycles. The lowest BCUT2D eigenvalue weighted by molar-refractivity contribution is -0.126. The molecule has 0 spiro atoms. The average molecular weight is 338 g/mol. The number of aryl methyl sites for hydroxylation is 1. The van der Waals surface area contributed by atoms with Gasteiger partial charge in [-0.3, -0.25) is 9.78 Å². The first-order valence-corrected chi connectivity index (χ1v) is 8.38. The van der Waals surface area contributed by atoms with Gasteiger partial charge in [0.25, 0.3) is 0 Å². The minimum absolute atomic E-state index is 0.0290. The number of ether oxygens (including phenoxy) is 1. The lowest BCUT2D eigenvalue weighted by Gasteiger charge is -2.23. The fourth-order valence-electron chi connectivity index (χ4n) is 3.16. The average Bonchev–Trinajstić information content (AvgIpc) is 3.09. The molecule has 1 unspecified atom stereocenters. The minimum Gasteiger partial charge on any atom is -0.504 e. The van der Waals surface area contributed by atoms with Crippen LogP contribution in [0.15, 0.2) is 42.5 Å². The molecule has 1 N–H and O–H groups in total. The number of likely N-dealkylation sites (tertiary alicyclic amines) is 1. The van der Waals surface area contributed by atoms with Crippen molar-refractivity contribution in [2.75, 3.05) is 13.7 Å². The Morgan fingerprint density at radius 2 is 2.20 bits per heavy atom. The lowest BCUT2D eigenvalue weighted by atomic mass is 10.1. The quantitative estimate of drug-likeness (QED) is 0.867. The smallest absolute Gasteiger partial charge is 0.247 e. The van der Waals surface area contributed by atoms with Crippen LogP contribution in [0.1, 0.15) is 35.8 Å². The molecule has 2 heterocycles. The van der Waals surface area contributed by atoms with Crippen LogP contribution in [0.4, 0.5) is 0 Å². The molecular weight excluding hydrogens is 316 g/mol. The van der Waals surface area contributed by atoms with E-state index in [-0.39, 0.29) is 17.7 Å². The van der Waals surface area contributed by atoms with E-state index >= 15 is 0 Å². The molecule has 25 heavy (non-hydrogen) atoms. The fourth-order valence-corrected chi connectivity index (χ4v) is 3.16. The fraction of sp³-hybridized carbons (Fsp3) is 0.300. The second kappa shape index (κ2) is 7.38. The van der Waals surface area contributed by atoms with Crippen LogP contribution in [0, 0.1) is 6.92 Å². The van der Waals surface area contributed by atoms with E-state index in [0.29, 0.717) is 5.75 Å². The molecule has 1 aliphatic heterocycles. The van der Waals surface area contributed by atoms with E-state index in [4.69, 9.17) is 4.74 Å². The number of hydrogen-bond acceptors (Lipinski definition) is 4. The van der Waals surface area contributed by atoms with Gasteiger partial charge in [-0.2, -0.15) is 0 Å². The molecule has 1 aliphatic rings. The van der Waals surface area contributed by atoms with Crippen LogP contribution < -0.4 is 4.74 Å². The summed E-state index contributed by atoms with van der Waals surface area (Å²) in [6, 6.07) is 11.0. The number of amides is 1. The van der Waals surface area contributed by atoms with E-state index in [1.165, 1.54) is 7.11 Å². The standard InChI is InChI=1S/C20H22N2O3/c1-14-5-3-6-16(21-14)17-7-4-12-22(17)20(24)11-9-15-8-10-19(25-2)18(23)13-15/h3,5-6,8-11,13,17,23H,4,7,12H2,1-2H3. The number of benzene rings is 1. The largest absolute Gasteiger partial charge is 0.504 e. The summed E-state index contributed by atoms with van der Waals surface area (Å²) in [5.41, 5.74) is 2.65. The first kappa shape index (κ1) is 17.0. The van der Waals surface area contributed by atoms with Crippen molar-refractivity contribution in [3.63, 3.8) is 0 Å². The Morgan fingerprint density at radius 3 is 2.92 bits per heavy atom. The molecular formula is C20H22N2O3. The summed E-state index contributed by atoms with van der Waals surface area (Å²) < 4.78 is 5.02. The molecule has 0 bridgehead atoms. The number of aromatic nitrogens is 1. The minimum atomic E-state index is -0.0406. The van der Waals surface area contributed by atoms with Crippen molar-refractivity contribution >= 4 is 12.0 Å². The van der Waals surface area contributed by atoms with Gasteiger partial charge in [-0.15, -0.1) is 0 Å². The van der Waals surface area contributed by atoms with Crippen LogP contribution in [0.2, 0.25) is 0 Å². The third kappa shape index (κ3) is 3.82. The molecule has 1 aromatic heterocycles. The molecule has 5 heteroatoms. The van der Waals surface area contributed by atoms with Gasteiger partial charge in [-0.1, -0.05) is 12.1 Å². The molecule has 2 aromatic rings. The van der Waals surface area contributed by atoms with Gasteiger partial charge in [-0.05, 0) is 55.7 Å². The van der Waals surface area contributed by atoms with Gasteiger partial charge in [0.2, 0.25) is 5.91 Å². The zero-order valence-electron chi connectivity index (χ0n) is 14.5. The van der Waals surface area contributed by atoms with Crippen molar-refractivity contribution in [1.82, 2.24) is 9.88 Å². The first-order valence-electron chi connectivity index (χ1n) is 8.38. The number of aromatic hydroxyl groups is 1. The highest BCUT2D eigenvalue weighted by Gasteiger charge is 2.29. The van der Waals surface area contributed by atoms with Crippen molar-refractivity contribution in [2.24, 2.45) is 0 Å². The summed E-state index contributed by atoms with van der Waals surface area (Å²) in [7, 11) is 1.50. The van der Waals surface area contributed by atoms with E-state index in [9.17, 15) is 9.90 Å². The second-order valence-corrected chi connectivity index (χ2v) is 6.16. The van der Waals surface area contributed by atoms with Crippen molar-refractivity contribution < 1.29 is 14.6 Å². The number of methoxy groups -OCH3 is 1. The Balaban J connectivity index is 1.74. The van der Waals surface area contributed by atoms with Gasteiger partial charge in [0.15, 0.2) is 11.5 Å². The molecule has 1 fully saturated rings. The zero-order chi connectivity index (χ0) is 17.8. The third-order valence-electron chi connectivity index (χ3n) is 4.41. The van der Waals surface area contributed by atoms with Crippen molar-refractivity contribution in [2.45, 2.75) is 25.8 Å². The highest BCUT2D eigenvalue weighted by molar-refractivity contribution is 5.92. The molecule has 1 aromatic carbocycles. The summed E-state index contributed by atoms with van der Waals surface area (Å²) in [6.45, 7) is 2.69. The summed E-state index contributed by atoms with van der Waals surface area (Å²) >= 11 is 0. The number of carbonyl (C=O) groups excluding carboxylic acids is 1. The van der Waals surface area contributed by atoms with Gasteiger partial charge in [-0.25, -0.2) is 0 Å². The Labute approximate surface area is 147 Å². The highest BCUT2D eigenvalue weighted by atomic mass is 16.5. The van der Waals surface area contributed by atoms with Gasteiger partial charge in [0.05, 0.1) is 18.8 Å². The molecule has 1 atom stereocenters. The van der Waals surface area contributed by atoms with Gasteiger partial charge >= 0.3 is 0 Å². The van der Waals surface area contributed by atoms with Gasteiger partial charge in [0.1, 0.15) is 0 Å². The maximum Gasteiger partial charge on any atom is 0.247 e. The number of phenolic OH excluding ortho intramolecular Hbond substituents is 1. The Bertz CT molecular complexity index is 801. The van der Waals surface area contributed by atoms with Crippen LogP contribution in [-0.2, 0) is 4.79 Å². The maximum atomic E-state index is 12.6. The molecule has 1 amide bonds. The molecule has 0 saturated carbocycles. The number of rotatable bonds is 4. The monoisotopic (exact) mass is 338 g/mol. The number of nitrogens with zero attached hydrogens (tertiary/aromatic N) is 2. The molecule has 3 rings (SSSR count). The SMILES string of the molecule is COc1ccc(C=CC(=O)N2CCCC2c2cccc(C)n2)cc1O. The number of hydrogen-bond donors (Lipinski definition) is 1. The van der Waals surface area contributed by atoms with Crippen LogP contribution in [0.5, 0.6) is 11.5 Å². The summed E-state index contributed by atoms with van der Waals surface area (Å²) in [5, 5.41) is 9.82. The van der Waals surface area contributed by atoms with E-state index in [1.54, 1.807) is 30.4 Å².